The average molecular weight is 282 g/mol. The molecule has 1 unspecified atom stereocenters. The van der Waals surface area contributed by atoms with Crippen LogP contribution in [0.15, 0.2) is 23.0 Å². The highest BCUT2D eigenvalue weighted by Gasteiger charge is 2.19. The first-order valence-corrected chi connectivity index (χ1v) is 7.02. The molecule has 0 aliphatic heterocycles. The number of likely N-dealkylation sites (N-methyl/N-ethyl adjacent to an activating group) is 1. The van der Waals surface area contributed by atoms with Crippen LogP contribution in [-0.2, 0) is 19.4 Å². The molecule has 2 heterocycles. The molecule has 2 aromatic rings. The average Bonchev–Trinajstić information content (AvgIpc) is 3.04. The fourth-order valence-corrected chi connectivity index (χ4v) is 2.61. The van der Waals surface area contributed by atoms with E-state index in [-0.39, 0.29) is 6.04 Å². The van der Waals surface area contributed by atoms with Crippen molar-refractivity contribution in [3.05, 3.63) is 40.6 Å². The number of nitrogens with one attached hydrogen (secondary N) is 1. The van der Waals surface area contributed by atoms with Gasteiger partial charge in [0.25, 0.3) is 0 Å². The van der Waals surface area contributed by atoms with Crippen molar-refractivity contribution in [1.82, 2.24) is 15.1 Å². The normalized spacial score (nSPS) is 12.8. The Bertz CT molecular complexity index is 519. The number of rotatable bonds is 6. The van der Waals surface area contributed by atoms with Crippen molar-refractivity contribution >= 4 is 11.6 Å². The fourth-order valence-electron chi connectivity index (χ4n) is 2.27. The zero-order chi connectivity index (χ0) is 13.8. The third-order valence-corrected chi connectivity index (χ3v) is 3.82. The first-order chi connectivity index (χ1) is 9.21. The maximum Gasteiger partial charge on any atom is 0.0950 e. The van der Waals surface area contributed by atoms with Gasteiger partial charge in [0.15, 0.2) is 0 Å². The quantitative estimate of drug-likeness (QED) is 0.884. The molecule has 4 nitrogen and oxygen atoms in total. The second-order valence-corrected chi connectivity index (χ2v) is 4.86. The summed E-state index contributed by atoms with van der Waals surface area (Å²) in [5, 5.41) is 8.65. The van der Waals surface area contributed by atoms with Crippen LogP contribution in [0.25, 0.3) is 0 Å². The van der Waals surface area contributed by atoms with Crippen LogP contribution in [0, 0.1) is 0 Å². The lowest BCUT2D eigenvalue weighted by molar-refractivity contribution is 0.523. The van der Waals surface area contributed by atoms with Gasteiger partial charge in [0.05, 0.1) is 28.9 Å². The van der Waals surface area contributed by atoms with E-state index in [1.807, 2.05) is 17.8 Å². The van der Waals surface area contributed by atoms with Crippen molar-refractivity contribution in [2.24, 2.45) is 0 Å². The maximum absolute atomic E-state index is 6.44. The molecule has 0 bridgehead atoms. The Kier molecular flexibility index (Phi) is 4.66. The molecular formula is C14H20ClN3O. The minimum atomic E-state index is 0.183. The van der Waals surface area contributed by atoms with Gasteiger partial charge in [-0.25, -0.2) is 0 Å². The van der Waals surface area contributed by atoms with Gasteiger partial charge >= 0.3 is 0 Å². The lowest BCUT2D eigenvalue weighted by atomic mass is 10.0. The fraction of sp³-hybridized carbons (Fsp3) is 0.500. The van der Waals surface area contributed by atoms with E-state index in [1.165, 1.54) is 0 Å². The molecule has 2 aromatic heterocycles. The molecule has 104 valence electrons. The van der Waals surface area contributed by atoms with Gasteiger partial charge in [0, 0.05) is 24.6 Å². The largest absolute Gasteiger partial charge is 0.472 e. The van der Waals surface area contributed by atoms with Crippen LogP contribution in [-0.4, -0.2) is 16.8 Å². The highest BCUT2D eigenvalue weighted by atomic mass is 35.5. The van der Waals surface area contributed by atoms with Crippen LogP contribution in [0.4, 0.5) is 0 Å². The zero-order valence-corrected chi connectivity index (χ0v) is 12.4. The summed E-state index contributed by atoms with van der Waals surface area (Å²) in [6.45, 7) is 4.99. The number of hydrogen-bond acceptors (Lipinski definition) is 3. The van der Waals surface area contributed by atoms with Gasteiger partial charge in [0.1, 0.15) is 0 Å². The van der Waals surface area contributed by atoms with E-state index in [4.69, 9.17) is 16.0 Å². The van der Waals surface area contributed by atoms with E-state index < -0.39 is 0 Å². The van der Waals surface area contributed by atoms with Crippen molar-refractivity contribution in [2.75, 3.05) is 7.05 Å². The summed E-state index contributed by atoms with van der Waals surface area (Å²) in [7, 11) is 1.94. The molecule has 0 radical (unpaired) electrons. The van der Waals surface area contributed by atoms with Crippen molar-refractivity contribution in [2.45, 2.75) is 39.3 Å². The number of hydrogen-bond donors (Lipinski definition) is 1. The highest BCUT2D eigenvalue weighted by molar-refractivity contribution is 6.31. The molecule has 1 atom stereocenters. The van der Waals surface area contributed by atoms with Gasteiger partial charge in [0.2, 0.25) is 0 Å². The van der Waals surface area contributed by atoms with Crippen LogP contribution in [0.1, 0.15) is 36.8 Å². The molecule has 0 aliphatic rings. The van der Waals surface area contributed by atoms with Gasteiger partial charge in [-0.05, 0) is 26.5 Å². The molecule has 2 rings (SSSR count). The van der Waals surface area contributed by atoms with Gasteiger partial charge in [-0.2, -0.15) is 5.10 Å². The minimum Gasteiger partial charge on any atom is -0.472 e. The highest BCUT2D eigenvalue weighted by Crippen LogP contribution is 2.27. The molecule has 0 saturated heterocycles. The topological polar surface area (TPSA) is 43.0 Å². The van der Waals surface area contributed by atoms with Crippen LogP contribution in [0.2, 0.25) is 5.02 Å². The predicted molar refractivity (Wildman–Crippen MR) is 76.5 cm³/mol. The van der Waals surface area contributed by atoms with Crippen LogP contribution in [0.3, 0.4) is 0 Å². The smallest absolute Gasteiger partial charge is 0.0950 e. The Hall–Kier alpha value is -1.26. The van der Waals surface area contributed by atoms with Crippen molar-refractivity contribution in [3.63, 3.8) is 0 Å². The second-order valence-electron chi connectivity index (χ2n) is 4.48. The third-order valence-electron chi connectivity index (χ3n) is 3.39. The molecule has 0 fully saturated rings. The lowest BCUT2D eigenvalue weighted by Gasteiger charge is -2.15. The molecule has 0 aliphatic carbocycles. The lowest BCUT2D eigenvalue weighted by Crippen LogP contribution is -2.20. The molecule has 1 N–H and O–H groups in total. The van der Waals surface area contributed by atoms with Gasteiger partial charge < -0.3 is 9.73 Å². The molecule has 0 saturated carbocycles. The van der Waals surface area contributed by atoms with Crippen molar-refractivity contribution < 1.29 is 4.42 Å². The third kappa shape index (κ3) is 2.85. The predicted octanol–water partition coefficient (Wildman–Crippen LogP) is 3.22. The maximum atomic E-state index is 6.44. The van der Waals surface area contributed by atoms with Gasteiger partial charge in [-0.3, -0.25) is 4.68 Å². The van der Waals surface area contributed by atoms with E-state index in [9.17, 15) is 0 Å². The summed E-state index contributed by atoms with van der Waals surface area (Å²) < 4.78 is 7.14. The SMILES string of the molecule is CCc1nn(CC)c(CC(NC)c2ccoc2)c1Cl. The first-order valence-electron chi connectivity index (χ1n) is 6.64. The van der Waals surface area contributed by atoms with E-state index >= 15 is 0 Å². The summed E-state index contributed by atoms with van der Waals surface area (Å²) in [5.74, 6) is 0. The van der Waals surface area contributed by atoms with Gasteiger partial charge in [-0.1, -0.05) is 18.5 Å². The Morgan fingerprint density at radius 2 is 2.26 bits per heavy atom. The van der Waals surface area contributed by atoms with Crippen molar-refractivity contribution in [3.8, 4) is 0 Å². The number of halogens is 1. The van der Waals surface area contributed by atoms with Gasteiger partial charge in [-0.15, -0.1) is 0 Å². The molecule has 19 heavy (non-hydrogen) atoms. The standard InChI is InChI=1S/C14H20ClN3O/c1-4-11-14(15)13(18(5-2)17-11)8-12(16-3)10-6-7-19-9-10/h6-7,9,12,16H,4-5,8H2,1-3H3. The van der Waals surface area contributed by atoms with Crippen LogP contribution >= 0.6 is 11.6 Å². The number of aryl methyl sites for hydroxylation is 2. The first kappa shape index (κ1) is 14.2. The Labute approximate surface area is 118 Å². The molecular weight excluding hydrogens is 262 g/mol. The molecule has 5 heteroatoms. The molecule has 0 aromatic carbocycles. The van der Waals surface area contributed by atoms with E-state index in [0.717, 1.165) is 41.4 Å². The van der Waals surface area contributed by atoms with E-state index in [2.05, 4.69) is 24.3 Å². The van der Waals surface area contributed by atoms with E-state index in [0.29, 0.717) is 0 Å². The summed E-state index contributed by atoms with van der Waals surface area (Å²) in [6.07, 6.45) is 5.11. The van der Waals surface area contributed by atoms with Crippen LogP contribution in [0.5, 0.6) is 0 Å². The number of nitrogens with zero attached hydrogens (tertiary/aromatic N) is 2. The summed E-state index contributed by atoms with van der Waals surface area (Å²) in [5.41, 5.74) is 3.18. The minimum absolute atomic E-state index is 0.183. The second kappa shape index (κ2) is 6.26. The Morgan fingerprint density at radius 3 is 2.79 bits per heavy atom. The molecule has 0 spiro atoms. The van der Waals surface area contributed by atoms with Crippen molar-refractivity contribution in [1.29, 1.82) is 0 Å². The van der Waals surface area contributed by atoms with Crippen LogP contribution < -0.4 is 5.32 Å². The Balaban J connectivity index is 2.29. The van der Waals surface area contributed by atoms with E-state index in [1.54, 1.807) is 12.5 Å². The number of aromatic nitrogens is 2. The summed E-state index contributed by atoms with van der Waals surface area (Å²) in [6, 6.07) is 2.16. The Morgan fingerprint density at radius 1 is 1.47 bits per heavy atom. The zero-order valence-electron chi connectivity index (χ0n) is 11.6. The monoisotopic (exact) mass is 281 g/mol. The summed E-state index contributed by atoms with van der Waals surface area (Å²) >= 11 is 6.44. The number of furan rings is 1. The molecule has 0 amide bonds. The summed E-state index contributed by atoms with van der Waals surface area (Å²) in [4.78, 5) is 0.